The fourth-order valence-electron chi connectivity index (χ4n) is 2.34. The van der Waals surface area contributed by atoms with Gasteiger partial charge in [-0.05, 0) is 55.3 Å². The van der Waals surface area contributed by atoms with Crippen molar-refractivity contribution in [3.05, 3.63) is 59.7 Å². The Hall–Kier alpha value is -2.71. The second-order valence-electron chi connectivity index (χ2n) is 6.18. The lowest BCUT2D eigenvalue weighted by atomic mass is 10.1. The van der Waals surface area contributed by atoms with E-state index in [4.69, 9.17) is 5.11 Å². The highest BCUT2D eigenvalue weighted by molar-refractivity contribution is 7.89. The number of rotatable bonds is 8. The summed E-state index contributed by atoms with van der Waals surface area (Å²) in [5.41, 5.74) is 1.33. The number of amides is 1. The largest absolute Gasteiger partial charge is 0.481 e. The molecule has 0 unspecified atom stereocenters. The highest BCUT2D eigenvalue weighted by atomic mass is 32.2. The monoisotopic (exact) mass is 390 g/mol. The SMILES string of the molecule is CC[C@H](C)NS(=O)(=O)c1ccc(C(=O)Nc2cccc(CC(=O)O)c2)cc1. The number of hydrogen-bond donors (Lipinski definition) is 3. The van der Waals surface area contributed by atoms with Crippen LogP contribution in [0.4, 0.5) is 5.69 Å². The highest BCUT2D eigenvalue weighted by Gasteiger charge is 2.17. The molecule has 0 aliphatic heterocycles. The molecule has 0 radical (unpaired) electrons. The summed E-state index contributed by atoms with van der Waals surface area (Å²) in [5, 5.41) is 11.5. The maximum absolute atomic E-state index is 12.3. The molecule has 2 rings (SSSR count). The number of hydrogen-bond acceptors (Lipinski definition) is 4. The third kappa shape index (κ3) is 5.90. The van der Waals surface area contributed by atoms with Crippen molar-refractivity contribution in [3.63, 3.8) is 0 Å². The average molecular weight is 390 g/mol. The summed E-state index contributed by atoms with van der Waals surface area (Å²) >= 11 is 0. The molecule has 7 nitrogen and oxygen atoms in total. The Morgan fingerprint density at radius 3 is 2.37 bits per heavy atom. The summed E-state index contributed by atoms with van der Waals surface area (Å²) < 4.78 is 27.0. The summed E-state index contributed by atoms with van der Waals surface area (Å²) in [6, 6.07) is 12.0. The fourth-order valence-corrected chi connectivity index (χ4v) is 3.67. The van der Waals surface area contributed by atoms with E-state index in [1.807, 2.05) is 6.92 Å². The van der Waals surface area contributed by atoms with Gasteiger partial charge in [0.1, 0.15) is 0 Å². The summed E-state index contributed by atoms with van der Waals surface area (Å²) in [6.07, 6.45) is 0.528. The molecule has 2 aromatic rings. The van der Waals surface area contributed by atoms with Crippen molar-refractivity contribution in [1.82, 2.24) is 4.72 Å². The molecule has 0 aliphatic carbocycles. The number of carboxylic acid groups (broad SMARTS) is 1. The number of anilines is 1. The van der Waals surface area contributed by atoms with Crippen LogP contribution in [0.5, 0.6) is 0 Å². The molecule has 1 atom stereocenters. The number of carbonyl (C=O) groups is 2. The van der Waals surface area contributed by atoms with Crippen molar-refractivity contribution in [2.45, 2.75) is 37.6 Å². The molecule has 27 heavy (non-hydrogen) atoms. The maximum Gasteiger partial charge on any atom is 0.307 e. The highest BCUT2D eigenvalue weighted by Crippen LogP contribution is 2.15. The van der Waals surface area contributed by atoms with Crippen molar-refractivity contribution >= 4 is 27.6 Å². The topological polar surface area (TPSA) is 113 Å². The molecular weight excluding hydrogens is 368 g/mol. The van der Waals surface area contributed by atoms with Crippen LogP contribution in [0, 0.1) is 0 Å². The van der Waals surface area contributed by atoms with Crippen LogP contribution < -0.4 is 10.0 Å². The van der Waals surface area contributed by atoms with Crippen LogP contribution in [0.2, 0.25) is 0 Å². The lowest BCUT2D eigenvalue weighted by molar-refractivity contribution is -0.136. The molecule has 0 heterocycles. The third-order valence-corrected chi connectivity index (χ3v) is 5.54. The number of carbonyl (C=O) groups excluding carboxylic acids is 1. The molecule has 0 bridgehead atoms. The first-order valence-electron chi connectivity index (χ1n) is 8.45. The predicted octanol–water partition coefficient (Wildman–Crippen LogP) is 2.64. The van der Waals surface area contributed by atoms with E-state index < -0.39 is 21.9 Å². The molecule has 1 amide bonds. The van der Waals surface area contributed by atoms with Crippen LogP contribution in [-0.2, 0) is 21.2 Å². The van der Waals surface area contributed by atoms with Gasteiger partial charge in [0.25, 0.3) is 5.91 Å². The lowest BCUT2D eigenvalue weighted by Gasteiger charge is -2.12. The van der Waals surface area contributed by atoms with E-state index in [1.54, 1.807) is 31.2 Å². The average Bonchev–Trinajstić information content (AvgIpc) is 2.61. The van der Waals surface area contributed by atoms with Gasteiger partial charge in [-0.15, -0.1) is 0 Å². The van der Waals surface area contributed by atoms with E-state index >= 15 is 0 Å². The van der Waals surface area contributed by atoms with Crippen LogP contribution in [0.1, 0.15) is 36.2 Å². The Morgan fingerprint density at radius 2 is 1.78 bits per heavy atom. The molecule has 0 spiro atoms. The zero-order valence-electron chi connectivity index (χ0n) is 15.1. The Balaban J connectivity index is 2.11. The van der Waals surface area contributed by atoms with Crippen LogP contribution >= 0.6 is 0 Å². The molecule has 0 saturated heterocycles. The van der Waals surface area contributed by atoms with E-state index in [9.17, 15) is 18.0 Å². The van der Waals surface area contributed by atoms with Gasteiger partial charge < -0.3 is 10.4 Å². The minimum absolute atomic E-state index is 0.0859. The van der Waals surface area contributed by atoms with Crippen molar-refractivity contribution in [1.29, 1.82) is 0 Å². The van der Waals surface area contributed by atoms with E-state index in [0.717, 1.165) is 0 Å². The van der Waals surface area contributed by atoms with Crippen molar-refractivity contribution in [2.75, 3.05) is 5.32 Å². The Kier molecular flexibility index (Phi) is 6.70. The second kappa shape index (κ2) is 8.79. The first kappa shape index (κ1) is 20.6. The van der Waals surface area contributed by atoms with Crippen molar-refractivity contribution in [3.8, 4) is 0 Å². The van der Waals surface area contributed by atoms with Gasteiger partial charge in [-0.3, -0.25) is 9.59 Å². The molecule has 0 aromatic heterocycles. The van der Waals surface area contributed by atoms with Crippen LogP contribution in [0.25, 0.3) is 0 Å². The molecule has 8 heteroatoms. The predicted molar refractivity (Wildman–Crippen MR) is 102 cm³/mol. The zero-order chi connectivity index (χ0) is 20.0. The summed E-state index contributed by atoms with van der Waals surface area (Å²) in [4.78, 5) is 23.2. The normalized spacial score (nSPS) is 12.4. The molecule has 3 N–H and O–H groups in total. The van der Waals surface area contributed by atoms with E-state index in [0.29, 0.717) is 23.2 Å². The van der Waals surface area contributed by atoms with Gasteiger partial charge in [0, 0.05) is 17.3 Å². The van der Waals surface area contributed by atoms with Crippen LogP contribution in [-0.4, -0.2) is 31.4 Å². The van der Waals surface area contributed by atoms with Gasteiger partial charge in [0.05, 0.1) is 11.3 Å². The van der Waals surface area contributed by atoms with Gasteiger partial charge in [-0.25, -0.2) is 13.1 Å². The lowest BCUT2D eigenvalue weighted by Crippen LogP contribution is -2.32. The minimum atomic E-state index is -3.63. The fraction of sp³-hybridized carbons (Fsp3) is 0.263. The molecule has 144 valence electrons. The minimum Gasteiger partial charge on any atom is -0.481 e. The van der Waals surface area contributed by atoms with Crippen molar-refractivity contribution in [2.24, 2.45) is 0 Å². The molecular formula is C19H22N2O5S. The summed E-state index contributed by atoms with van der Waals surface area (Å²) in [7, 11) is -3.63. The van der Waals surface area contributed by atoms with Gasteiger partial charge >= 0.3 is 5.97 Å². The zero-order valence-corrected chi connectivity index (χ0v) is 15.9. The Morgan fingerprint density at radius 1 is 1.11 bits per heavy atom. The van der Waals surface area contributed by atoms with E-state index in [1.165, 1.54) is 24.3 Å². The third-order valence-electron chi connectivity index (χ3n) is 3.94. The second-order valence-corrected chi connectivity index (χ2v) is 7.89. The molecule has 0 aliphatic rings. The Bertz CT molecular complexity index is 923. The summed E-state index contributed by atoms with van der Waals surface area (Å²) in [5.74, 6) is -1.37. The van der Waals surface area contributed by atoms with Gasteiger partial charge in [-0.1, -0.05) is 19.1 Å². The number of aliphatic carboxylic acids is 1. The smallest absolute Gasteiger partial charge is 0.307 e. The first-order chi connectivity index (χ1) is 12.7. The van der Waals surface area contributed by atoms with Gasteiger partial charge in [-0.2, -0.15) is 0 Å². The maximum atomic E-state index is 12.3. The van der Waals surface area contributed by atoms with Gasteiger partial charge in [0.2, 0.25) is 10.0 Å². The number of sulfonamides is 1. The molecule has 0 saturated carbocycles. The van der Waals surface area contributed by atoms with E-state index in [2.05, 4.69) is 10.0 Å². The van der Waals surface area contributed by atoms with Crippen LogP contribution in [0.15, 0.2) is 53.4 Å². The number of benzene rings is 2. The molecule has 2 aromatic carbocycles. The Labute approximate surface area is 158 Å². The first-order valence-corrected chi connectivity index (χ1v) is 9.94. The summed E-state index contributed by atoms with van der Waals surface area (Å²) in [6.45, 7) is 3.66. The van der Waals surface area contributed by atoms with Crippen LogP contribution in [0.3, 0.4) is 0 Å². The quantitative estimate of drug-likeness (QED) is 0.641. The van der Waals surface area contributed by atoms with Gasteiger partial charge in [0.15, 0.2) is 0 Å². The number of carboxylic acids is 1. The van der Waals surface area contributed by atoms with Crippen molar-refractivity contribution < 1.29 is 23.1 Å². The van der Waals surface area contributed by atoms with E-state index in [-0.39, 0.29) is 17.4 Å². The molecule has 0 fully saturated rings. The standard InChI is InChI=1S/C19H22N2O5S/c1-3-13(2)21-27(25,26)17-9-7-15(8-10-17)19(24)20-16-6-4-5-14(11-16)12-18(22)23/h4-11,13,21H,3,12H2,1-2H3,(H,20,24)(H,22,23)/t13-/m0/s1. The number of nitrogens with one attached hydrogen (secondary N) is 2.